The lowest BCUT2D eigenvalue weighted by Crippen LogP contribution is -2.63. The molecule has 0 aromatic carbocycles. The van der Waals surface area contributed by atoms with E-state index in [0.29, 0.717) is 0 Å². The normalized spacial score (nSPS) is 46.4. The van der Waals surface area contributed by atoms with Gasteiger partial charge in [-0.3, -0.25) is 0 Å². The van der Waals surface area contributed by atoms with E-state index in [1.165, 1.54) is 0 Å². The molecule has 0 bridgehead atoms. The van der Waals surface area contributed by atoms with Gasteiger partial charge < -0.3 is 89.7 Å². The molecule has 42 heavy (non-hydrogen) atoms. The van der Waals surface area contributed by atoms with E-state index >= 15 is 0 Å². The Hall–Kier alpha value is -0.0300. The number of halogens is 1. The SMILES string of the molecule is OCC1OC(OCC(COC2OC(CO)[C@@H](O)[C@H](O)[C@@H]2O)(COC2OC(CO)[C@@H](O)[C@H](O)[C@@H]2O)NI)[C@@H](O)[C@@H](O)[C@@H]1O. The zero-order valence-corrected chi connectivity index (χ0v) is 24.3. The number of aliphatic hydroxyl groups excluding tert-OH is 12. The van der Waals surface area contributed by atoms with E-state index in [1.807, 2.05) is 0 Å². The van der Waals surface area contributed by atoms with E-state index < -0.39 is 137 Å². The molecule has 3 rings (SSSR count). The molecule has 0 aliphatic carbocycles. The molecular weight excluding hydrogens is 693 g/mol. The highest BCUT2D eigenvalue weighted by atomic mass is 127. The standard InChI is InChI=1S/C22H40INO18/c23-24-22(4-37-19-16(34)13(31)10(28)7(1-25)40-19,5-38-20-17(35)14(32)11(29)8(2-26)41-20)6-39-21-18(36)15(33)12(30)9(3-27)42-21/h7-21,24-36H,1-6H2/t7?,8?,9?,10-,11-,12-,13+,14+,15+,16+,17+,18+,19?,20?,21?,22?/m1/s1. The molecule has 19 nitrogen and oxygen atoms in total. The fourth-order valence-corrected chi connectivity index (χ4v) is 5.01. The Kier molecular flexibility index (Phi) is 13.9. The molecule has 15 atom stereocenters. The van der Waals surface area contributed by atoms with E-state index in [0.717, 1.165) is 0 Å². The molecule has 0 radical (unpaired) electrons. The monoisotopic (exact) mass is 733 g/mol. The quantitative estimate of drug-likeness (QED) is 0.0618. The number of aliphatic hydroxyl groups is 12. The Morgan fingerprint density at radius 2 is 0.738 bits per heavy atom. The van der Waals surface area contributed by atoms with Crippen molar-refractivity contribution in [3.63, 3.8) is 0 Å². The van der Waals surface area contributed by atoms with Crippen LogP contribution in [0, 0.1) is 0 Å². The Morgan fingerprint density at radius 3 is 0.952 bits per heavy atom. The van der Waals surface area contributed by atoms with Gasteiger partial charge in [0.15, 0.2) is 18.9 Å². The maximum absolute atomic E-state index is 10.4. The van der Waals surface area contributed by atoms with Crippen LogP contribution in [0.15, 0.2) is 0 Å². The zero-order chi connectivity index (χ0) is 31.4. The summed E-state index contributed by atoms with van der Waals surface area (Å²) in [6.07, 6.45) is -24.2. The van der Waals surface area contributed by atoms with Crippen molar-refractivity contribution in [2.24, 2.45) is 0 Å². The van der Waals surface area contributed by atoms with Crippen LogP contribution in [-0.2, 0) is 28.4 Å². The van der Waals surface area contributed by atoms with Crippen molar-refractivity contribution >= 4 is 22.9 Å². The largest absolute Gasteiger partial charge is 0.394 e. The van der Waals surface area contributed by atoms with Crippen molar-refractivity contribution in [3.8, 4) is 0 Å². The molecule has 3 saturated heterocycles. The highest BCUT2D eigenvalue weighted by Crippen LogP contribution is 2.28. The molecule has 3 aliphatic rings. The summed E-state index contributed by atoms with van der Waals surface area (Å²) in [7, 11) is 0. The van der Waals surface area contributed by atoms with E-state index in [1.54, 1.807) is 22.9 Å². The second-order valence-corrected chi connectivity index (χ2v) is 10.9. The number of nitrogens with one attached hydrogen (secondary N) is 1. The van der Waals surface area contributed by atoms with Crippen LogP contribution in [0.1, 0.15) is 0 Å². The van der Waals surface area contributed by atoms with Crippen LogP contribution in [0.4, 0.5) is 0 Å². The van der Waals surface area contributed by atoms with Crippen LogP contribution >= 0.6 is 22.9 Å². The molecule has 13 N–H and O–H groups in total. The first-order valence-corrected chi connectivity index (χ1v) is 14.1. The first kappa shape index (κ1) is 36.4. The van der Waals surface area contributed by atoms with Gasteiger partial charge >= 0.3 is 0 Å². The van der Waals surface area contributed by atoms with Crippen LogP contribution in [-0.4, -0.2) is 199 Å². The van der Waals surface area contributed by atoms with Crippen molar-refractivity contribution in [2.45, 2.75) is 97.7 Å². The van der Waals surface area contributed by atoms with Crippen LogP contribution < -0.4 is 3.53 Å². The molecule has 3 heterocycles. The smallest absolute Gasteiger partial charge is 0.186 e. The zero-order valence-electron chi connectivity index (χ0n) is 22.1. The van der Waals surface area contributed by atoms with Gasteiger partial charge in [-0.1, -0.05) is 0 Å². The summed E-state index contributed by atoms with van der Waals surface area (Å²) in [5.41, 5.74) is -1.56. The minimum atomic E-state index is -1.77. The van der Waals surface area contributed by atoms with Gasteiger partial charge in [0, 0.05) is 22.9 Å². The number of ether oxygens (including phenoxy) is 6. The highest BCUT2D eigenvalue weighted by Gasteiger charge is 2.49. The molecule has 0 saturated carbocycles. The second-order valence-electron chi connectivity index (χ2n) is 10.4. The molecule has 0 amide bonds. The van der Waals surface area contributed by atoms with E-state index in [9.17, 15) is 61.3 Å². The van der Waals surface area contributed by atoms with Gasteiger partial charge in [-0.25, -0.2) is 3.53 Å². The summed E-state index contributed by atoms with van der Waals surface area (Å²) in [6.45, 7) is -3.73. The lowest BCUT2D eigenvalue weighted by Gasteiger charge is -2.44. The minimum absolute atomic E-state index is 0.520. The predicted octanol–water partition coefficient (Wildman–Crippen LogP) is -7.89. The van der Waals surface area contributed by atoms with Crippen molar-refractivity contribution in [1.82, 2.24) is 3.53 Å². The van der Waals surface area contributed by atoms with Crippen LogP contribution in [0.25, 0.3) is 0 Å². The maximum atomic E-state index is 10.4. The molecule has 6 unspecified atom stereocenters. The lowest BCUT2D eigenvalue weighted by atomic mass is 9.98. The Balaban J connectivity index is 1.78. The molecule has 3 aliphatic heterocycles. The fourth-order valence-electron chi connectivity index (χ4n) is 4.55. The molecule has 20 heteroatoms. The maximum Gasteiger partial charge on any atom is 0.186 e. The van der Waals surface area contributed by atoms with Crippen molar-refractivity contribution in [1.29, 1.82) is 0 Å². The first-order chi connectivity index (χ1) is 19.8. The Labute approximate surface area is 253 Å². The fraction of sp³-hybridized carbons (Fsp3) is 1.00. The van der Waals surface area contributed by atoms with Crippen molar-refractivity contribution < 1.29 is 89.7 Å². The van der Waals surface area contributed by atoms with Crippen molar-refractivity contribution in [3.05, 3.63) is 0 Å². The molecule has 0 spiro atoms. The summed E-state index contributed by atoms with van der Waals surface area (Å²) in [5.74, 6) is 0. The third kappa shape index (κ3) is 8.03. The third-order valence-corrected chi connectivity index (χ3v) is 8.46. The number of rotatable bonds is 13. The predicted molar refractivity (Wildman–Crippen MR) is 139 cm³/mol. The van der Waals surface area contributed by atoms with Gasteiger partial charge in [0.25, 0.3) is 0 Å². The van der Waals surface area contributed by atoms with Crippen molar-refractivity contribution in [2.75, 3.05) is 39.6 Å². The Morgan fingerprint density at radius 1 is 0.476 bits per heavy atom. The van der Waals surface area contributed by atoms with Gasteiger partial charge in [0.1, 0.15) is 73.2 Å². The third-order valence-electron chi connectivity index (χ3n) is 7.32. The van der Waals surface area contributed by atoms with Gasteiger partial charge in [-0.05, 0) is 0 Å². The summed E-state index contributed by atoms with van der Waals surface area (Å²) >= 11 is 1.67. The molecule has 3 fully saturated rings. The molecule has 0 aromatic rings. The van der Waals surface area contributed by atoms with Gasteiger partial charge in [-0.15, -0.1) is 0 Å². The van der Waals surface area contributed by atoms with Gasteiger partial charge in [0.05, 0.1) is 45.2 Å². The second kappa shape index (κ2) is 16.0. The van der Waals surface area contributed by atoms with E-state index in [4.69, 9.17) is 28.4 Å². The van der Waals surface area contributed by atoms with E-state index in [2.05, 4.69) is 3.53 Å². The summed E-state index contributed by atoms with van der Waals surface area (Å²) < 4.78 is 35.8. The Bertz CT molecular complexity index is 715. The topological polar surface area (TPSA) is 310 Å². The summed E-state index contributed by atoms with van der Waals surface area (Å²) in [4.78, 5) is 0. The molecule has 248 valence electrons. The lowest BCUT2D eigenvalue weighted by molar-refractivity contribution is -0.323. The summed E-state index contributed by atoms with van der Waals surface area (Å²) in [6, 6.07) is 0. The average molecular weight is 733 g/mol. The van der Waals surface area contributed by atoms with Crippen LogP contribution in [0.3, 0.4) is 0 Å². The summed E-state index contributed by atoms with van der Waals surface area (Å²) in [5, 5.41) is 120. The average Bonchev–Trinajstić information content (AvgIpc) is 2.99. The van der Waals surface area contributed by atoms with Crippen LogP contribution in [0.2, 0.25) is 0 Å². The first-order valence-electron chi connectivity index (χ1n) is 13.0. The molecular formula is C22H40INO18. The highest BCUT2D eigenvalue weighted by molar-refractivity contribution is 14.1. The van der Waals surface area contributed by atoms with E-state index in [-0.39, 0.29) is 0 Å². The van der Waals surface area contributed by atoms with Gasteiger partial charge in [-0.2, -0.15) is 0 Å². The van der Waals surface area contributed by atoms with Gasteiger partial charge in [0.2, 0.25) is 0 Å². The number of hydrogen-bond acceptors (Lipinski definition) is 19. The number of hydrogen-bond donors (Lipinski definition) is 13. The molecule has 0 aromatic heterocycles. The van der Waals surface area contributed by atoms with Crippen LogP contribution in [0.5, 0.6) is 0 Å². The minimum Gasteiger partial charge on any atom is -0.394 e.